The van der Waals surface area contributed by atoms with Crippen LogP contribution in [0.3, 0.4) is 0 Å². The number of rotatable bonds is 18. The minimum atomic E-state index is -4.98. The summed E-state index contributed by atoms with van der Waals surface area (Å²) in [7, 11) is 0. The van der Waals surface area contributed by atoms with Crippen molar-refractivity contribution in [2.45, 2.75) is 75.1 Å². The number of halogens is 7. The lowest BCUT2D eigenvalue weighted by Gasteiger charge is -2.23. The molecular weight excluding hydrogens is 695 g/mol. The molecule has 0 unspecified atom stereocenters. The second-order valence-electron chi connectivity index (χ2n) is 10.8. The molecule has 0 spiro atoms. The number of oxime groups is 1. The maximum Gasteiger partial charge on any atom is 0.411 e. The summed E-state index contributed by atoms with van der Waals surface area (Å²) in [6.07, 6.45) is -15.6. The number of esters is 2. The van der Waals surface area contributed by atoms with Gasteiger partial charge in [0.1, 0.15) is 24.7 Å². The molecule has 270 valence electrons. The Kier molecular flexibility index (Phi) is 14.8. The summed E-state index contributed by atoms with van der Waals surface area (Å²) in [6.45, 7) is 0.404. The largest absolute Gasteiger partial charge is 0.456 e. The Bertz CT molecular complexity index is 1480. The highest BCUT2D eigenvalue weighted by molar-refractivity contribution is 7.99. The van der Waals surface area contributed by atoms with Crippen LogP contribution in [-0.2, 0) is 33.4 Å². The molecule has 10 nitrogen and oxygen atoms in total. The van der Waals surface area contributed by atoms with Crippen molar-refractivity contribution in [2.24, 2.45) is 10.6 Å². The van der Waals surface area contributed by atoms with E-state index in [2.05, 4.69) is 24.2 Å². The van der Waals surface area contributed by atoms with Crippen LogP contribution in [0.25, 0.3) is 0 Å². The lowest BCUT2D eigenvalue weighted by molar-refractivity contribution is -0.393. The summed E-state index contributed by atoms with van der Waals surface area (Å²) in [5.41, 5.74) is -0.657. The molecule has 0 aliphatic rings. The highest BCUT2D eigenvalue weighted by Crippen LogP contribution is 2.31. The van der Waals surface area contributed by atoms with E-state index in [1.807, 2.05) is 6.92 Å². The Labute approximate surface area is 280 Å². The average Bonchev–Trinajstić information content (AvgIpc) is 3.01. The van der Waals surface area contributed by atoms with Gasteiger partial charge in [-0.1, -0.05) is 23.8 Å². The van der Waals surface area contributed by atoms with E-state index in [1.54, 1.807) is 50.2 Å². The maximum absolute atomic E-state index is 13.6. The number of ketones is 1. The molecule has 0 amide bonds. The van der Waals surface area contributed by atoms with Gasteiger partial charge in [0, 0.05) is 15.4 Å². The van der Waals surface area contributed by atoms with Gasteiger partial charge in [0.15, 0.2) is 6.61 Å². The molecule has 2 rings (SSSR count). The van der Waals surface area contributed by atoms with Crippen molar-refractivity contribution in [1.82, 2.24) is 0 Å². The Balaban J connectivity index is 1.79. The lowest BCUT2D eigenvalue weighted by atomic mass is 9.91. The van der Waals surface area contributed by atoms with Crippen molar-refractivity contribution in [3.05, 3.63) is 54.1 Å². The van der Waals surface area contributed by atoms with Gasteiger partial charge in [-0.3, -0.25) is 19.1 Å². The van der Waals surface area contributed by atoms with Gasteiger partial charge in [-0.2, -0.15) is 30.7 Å². The molecule has 0 heterocycles. The molecule has 2 aromatic rings. The smallest absolute Gasteiger partial charge is 0.411 e. The number of hydrogen-bond donors (Lipinski definition) is 0. The van der Waals surface area contributed by atoms with E-state index in [1.165, 1.54) is 30.8 Å². The van der Waals surface area contributed by atoms with Crippen molar-refractivity contribution in [2.75, 3.05) is 19.8 Å². The molecule has 0 N–H and O–H groups in total. The number of carbonyl (C=O) groups excluding carboxylic acids is 4. The Hall–Kier alpha value is -4.03. The predicted octanol–water partition coefficient (Wildman–Crippen LogP) is 7.39. The number of benzene rings is 2. The molecule has 0 saturated heterocycles. The van der Waals surface area contributed by atoms with Crippen LogP contribution >= 0.6 is 11.8 Å². The van der Waals surface area contributed by atoms with E-state index in [-0.39, 0.29) is 17.2 Å². The second-order valence-corrected chi connectivity index (χ2v) is 12.0. The van der Waals surface area contributed by atoms with Crippen molar-refractivity contribution < 1.29 is 73.7 Å². The van der Waals surface area contributed by atoms with Crippen molar-refractivity contribution >= 4 is 41.2 Å². The van der Waals surface area contributed by atoms with E-state index in [9.17, 15) is 49.9 Å². The van der Waals surface area contributed by atoms with Crippen molar-refractivity contribution in [3.63, 3.8) is 0 Å². The Morgan fingerprint density at radius 1 is 0.755 bits per heavy atom. The first kappa shape index (κ1) is 41.1. The van der Waals surface area contributed by atoms with E-state index in [0.29, 0.717) is 12.2 Å². The molecule has 18 heteroatoms. The zero-order valence-corrected chi connectivity index (χ0v) is 27.4. The SMILES string of the molecule is CCC(C)(C)C(=O)Oc1ccc(Sc2ccc(C(=O)/C(C)=N/OC(=O)CCC(=O)OCC(F)(F)OC(F)(F)COCC(F)(F)F)cc2)cc1. The van der Waals surface area contributed by atoms with E-state index in [0.717, 1.165) is 9.79 Å². The highest BCUT2D eigenvalue weighted by Gasteiger charge is 2.46. The number of nitrogens with zero attached hydrogens (tertiary/aromatic N) is 1. The first-order chi connectivity index (χ1) is 22.6. The first-order valence-electron chi connectivity index (χ1n) is 14.3. The third kappa shape index (κ3) is 15.4. The molecule has 0 aliphatic carbocycles. The van der Waals surface area contributed by atoms with Crippen LogP contribution in [-0.4, -0.2) is 67.6 Å². The summed E-state index contributed by atoms with van der Waals surface area (Å²) in [4.78, 5) is 54.6. The van der Waals surface area contributed by atoms with E-state index >= 15 is 0 Å². The molecule has 0 radical (unpaired) electrons. The fourth-order valence-electron chi connectivity index (χ4n) is 3.19. The predicted molar refractivity (Wildman–Crippen MR) is 158 cm³/mol. The van der Waals surface area contributed by atoms with Gasteiger partial charge in [0.2, 0.25) is 5.78 Å². The summed E-state index contributed by atoms with van der Waals surface area (Å²) in [5.74, 6) is -3.16. The molecule has 0 atom stereocenters. The standard InChI is InChI=1S/C31H32F7NO9S/c1-5-28(3,4)27(43)46-21-8-12-23(13-9-21)49-22-10-6-20(7-11-22)26(42)19(2)39-47-25(41)15-14-24(40)45-18-31(37,38)48-30(35,36)17-44-16-29(32,33)34/h6-13H,5,14-18H2,1-4H3/b39-19+. The normalized spacial score (nSPS) is 12.8. The topological polar surface area (TPSA) is 127 Å². The maximum atomic E-state index is 13.6. The number of carbonyl (C=O) groups is 4. The van der Waals surface area contributed by atoms with Gasteiger partial charge in [0.05, 0.1) is 18.3 Å². The summed E-state index contributed by atoms with van der Waals surface area (Å²) in [6, 6.07) is 13.2. The molecule has 0 aliphatic heterocycles. The fraction of sp³-hybridized carbons (Fsp3) is 0.452. The molecule has 0 fully saturated rings. The van der Waals surface area contributed by atoms with Crippen molar-refractivity contribution in [3.8, 4) is 5.75 Å². The number of Topliss-reactive ketones (excluding diaryl/α,β-unsaturated/α-hetero) is 1. The van der Waals surface area contributed by atoms with Gasteiger partial charge in [-0.15, -0.1) is 0 Å². The lowest BCUT2D eigenvalue weighted by Crippen LogP contribution is -2.40. The van der Waals surface area contributed by atoms with Gasteiger partial charge in [-0.25, -0.2) is 4.79 Å². The number of alkyl halides is 7. The minimum Gasteiger partial charge on any atom is -0.456 e. The third-order valence-electron chi connectivity index (χ3n) is 6.20. The summed E-state index contributed by atoms with van der Waals surface area (Å²) in [5, 5.41) is 3.40. The molecule has 0 aromatic heterocycles. The third-order valence-corrected chi connectivity index (χ3v) is 7.22. The van der Waals surface area contributed by atoms with Crippen LogP contribution in [0, 0.1) is 5.41 Å². The molecule has 49 heavy (non-hydrogen) atoms. The van der Waals surface area contributed by atoms with Crippen LogP contribution in [0.15, 0.2) is 63.5 Å². The Morgan fingerprint density at radius 2 is 1.29 bits per heavy atom. The number of ether oxygens (including phenoxy) is 4. The molecule has 2 aromatic carbocycles. The zero-order valence-electron chi connectivity index (χ0n) is 26.5. The van der Waals surface area contributed by atoms with Gasteiger partial charge >= 0.3 is 36.3 Å². The quantitative estimate of drug-likeness (QED) is 0.0292. The van der Waals surface area contributed by atoms with E-state index in [4.69, 9.17) is 4.74 Å². The number of hydrogen-bond acceptors (Lipinski definition) is 11. The summed E-state index contributed by atoms with van der Waals surface area (Å²) < 4.78 is 106. The van der Waals surface area contributed by atoms with Gasteiger partial charge < -0.3 is 19.0 Å². The van der Waals surface area contributed by atoms with Crippen LogP contribution in [0.1, 0.15) is 57.3 Å². The monoisotopic (exact) mass is 727 g/mol. The molecule has 0 bridgehead atoms. The first-order valence-corrected chi connectivity index (χ1v) is 15.1. The van der Waals surface area contributed by atoms with E-state index < -0.39 is 74.2 Å². The van der Waals surface area contributed by atoms with Crippen LogP contribution < -0.4 is 4.74 Å². The zero-order chi connectivity index (χ0) is 37.0. The highest BCUT2D eigenvalue weighted by atomic mass is 32.2. The van der Waals surface area contributed by atoms with Crippen LogP contribution in [0.2, 0.25) is 0 Å². The van der Waals surface area contributed by atoms with Gasteiger partial charge in [-0.05, 0) is 75.7 Å². The fourth-order valence-corrected chi connectivity index (χ4v) is 4.01. The summed E-state index contributed by atoms with van der Waals surface area (Å²) >= 11 is 1.38. The Morgan fingerprint density at radius 3 is 1.84 bits per heavy atom. The van der Waals surface area contributed by atoms with Crippen LogP contribution in [0.5, 0.6) is 5.75 Å². The molecular formula is C31H32F7NO9S. The second kappa shape index (κ2) is 17.6. The molecule has 0 saturated carbocycles. The average molecular weight is 728 g/mol. The van der Waals surface area contributed by atoms with Gasteiger partial charge in [0.25, 0.3) is 0 Å². The van der Waals surface area contributed by atoms with Crippen LogP contribution in [0.4, 0.5) is 30.7 Å². The van der Waals surface area contributed by atoms with Crippen molar-refractivity contribution in [1.29, 1.82) is 0 Å². The minimum absolute atomic E-state index is 0.201.